The first-order valence-electron chi connectivity index (χ1n) is 6.10. The summed E-state index contributed by atoms with van der Waals surface area (Å²) in [6, 6.07) is 2.01. The molecule has 6 heteroatoms. The van der Waals surface area contributed by atoms with Gasteiger partial charge in [0, 0.05) is 38.6 Å². The minimum absolute atomic E-state index is 0.178. The predicted molar refractivity (Wildman–Crippen MR) is 80.7 cm³/mol. The smallest absolute Gasteiger partial charge is 0.106 e. The molecule has 1 aromatic rings. The highest BCUT2D eigenvalue weighted by atomic mass is 32.1. The van der Waals surface area contributed by atoms with E-state index in [1.165, 1.54) is 0 Å². The van der Waals surface area contributed by atoms with Crippen LogP contribution in [0.1, 0.15) is 12.5 Å². The van der Waals surface area contributed by atoms with Gasteiger partial charge in [-0.25, -0.2) is 0 Å². The van der Waals surface area contributed by atoms with Gasteiger partial charge < -0.3 is 20.1 Å². The molecule has 0 amide bonds. The lowest BCUT2D eigenvalue weighted by molar-refractivity contribution is 0.171. The van der Waals surface area contributed by atoms with Crippen molar-refractivity contribution in [2.45, 2.75) is 13.0 Å². The maximum atomic E-state index is 5.77. The van der Waals surface area contributed by atoms with Crippen LogP contribution in [0.15, 0.2) is 18.5 Å². The minimum atomic E-state index is 0.178. The Hall–Kier alpha value is -1.24. The van der Waals surface area contributed by atoms with E-state index in [0.29, 0.717) is 18.2 Å². The Morgan fingerprint density at radius 3 is 2.79 bits per heavy atom. The van der Waals surface area contributed by atoms with Gasteiger partial charge in [0.15, 0.2) is 0 Å². The molecule has 0 saturated carbocycles. The van der Waals surface area contributed by atoms with Crippen molar-refractivity contribution in [2.75, 3.05) is 38.9 Å². The second-order valence-electron chi connectivity index (χ2n) is 4.25. The third kappa shape index (κ3) is 4.41. The molecule has 0 aliphatic rings. The third-order valence-corrected chi connectivity index (χ3v) is 3.07. The molecule has 0 fully saturated rings. The van der Waals surface area contributed by atoms with Crippen molar-refractivity contribution >= 4 is 22.9 Å². The second kappa shape index (κ2) is 8.04. The Balaban J connectivity index is 3.05. The summed E-state index contributed by atoms with van der Waals surface area (Å²) in [6.07, 6.45) is 3.46. The number of nitrogens with zero attached hydrogens (tertiary/aromatic N) is 2. The van der Waals surface area contributed by atoms with Crippen molar-refractivity contribution in [1.29, 1.82) is 0 Å². The first-order chi connectivity index (χ1) is 9.11. The van der Waals surface area contributed by atoms with Crippen molar-refractivity contribution in [3.8, 4) is 0 Å². The van der Waals surface area contributed by atoms with Gasteiger partial charge >= 0.3 is 0 Å². The molecular weight excluding hydrogens is 262 g/mol. The van der Waals surface area contributed by atoms with Gasteiger partial charge in [0.1, 0.15) is 4.99 Å². The molecule has 0 aliphatic carbocycles. The highest BCUT2D eigenvalue weighted by molar-refractivity contribution is 7.80. The zero-order valence-corrected chi connectivity index (χ0v) is 12.4. The molecule has 1 unspecified atom stereocenters. The summed E-state index contributed by atoms with van der Waals surface area (Å²) in [5, 5.41) is 0. The average Bonchev–Trinajstić information content (AvgIpc) is 2.40. The van der Waals surface area contributed by atoms with E-state index in [9.17, 15) is 0 Å². The fourth-order valence-corrected chi connectivity index (χ4v) is 2.10. The quantitative estimate of drug-likeness (QED) is 0.724. The van der Waals surface area contributed by atoms with Gasteiger partial charge in [-0.2, -0.15) is 0 Å². The Morgan fingerprint density at radius 2 is 2.21 bits per heavy atom. The fourth-order valence-electron chi connectivity index (χ4n) is 1.92. The number of ether oxygens (including phenoxy) is 2. The van der Waals surface area contributed by atoms with Gasteiger partial charge in [0.05, 0.1) is 25.1 Å². The van der Waals surface area contributed by atoms with Crippen LogP contribution >= 0.6 is 12.2 Å². The Morgan fingerprint density at radius 1 is 1.47 bits per heavy atom. The number of thiocarbonyl (C=S) groups is 1. The van der Waals surface area contributed by atoms with Crippen molar-refractivity contribution in [3.05, 3.63) is 24.0 Å². The van der Waals surface area contributed by atoms with Gasteiger partial charge in [0.2, 0.25) is 0 Å². The van der Waals surface area contributed by atoms with E-state index >= 15 is 0 Å². The van der Waals surface area contributed by atoms with Crippen molar-refractivity contribution in [2.24, 2.45) is 5.73 Å². The zero-order valence-electron chi connectivity index (χ0n) is 11.6. The first kappa shape index (κ1) is 15.8. The van der Waals surface area contributed by atoms with Crippen LogP contribution in [0.3, 0.4) is 0 Å². The molecule has 19 heavy (non-hydrogen) atoms. The van der Waals surface area contributed by atoms with E-state index < -0.39 is 0 Å². The predicted octanol–water partition coefficient (Wildman–Crippen LogP) is 1.20. The number of hydrogen-bond acceptors (Lipinski definition) is 5. The van der Waals surface area contributed by atoms with Crippen molar-refractivity contribution in [3.63, 3.8) is 0 Å². The summed E-state index contributed by atoms with van der Waals surface area (Å²) < 4.78 is 10.4. The Bertz CT molecular complexity index is 415. The van der Waals surface area contributed by atoms with Crippen molar-refractivity contribution in [1.82, 2.24) is 4.98 Å². The van der Waals surface area contributed by atoms with Crippen LogP contribution in [-0.4, -0.2) is 50.0 Å². The van der Waals surface area contributed by atoms with E-state index in [4.69, 9.17) is 27.4 Å². The Labute approximate surface area is 119 Å². The van der Waals surface area contributed by atoms with Crippen LogP contribution in [-0.2, 0) is 9.47 Å². The number of hydrogen-bond donors (Lipinski definition) is 1. The first-order valence-corrected chi connectivity index (χ1v) is 6.51. The molecule has 0 spiro atoms. The summed E-state index contributed by atoms with van der Waals surface area (Å²) in [7, 11) is 3.36. The highest BCUT2D eigenvalue weighted by Crippen LogP contribution is 2.21. The van der Waals surface area contributed by atoms with Gasteiger partial charge in [-0.3, -0.25) is 4.98 Å². The molecule has 1 atom stereocenters. The topological polar surface area (TPSA) is 60.6 Å². The number of anilines is 1. The maximum Gasteiger partial charge on any atom is 0.106 e. The molecule has 0 saturated heterocycles. The number of pyridine rings is 1. The zero-order chi connectivity index (χ0) is 14.3. The second-order valence-corrected chi connectivity index (χ2v) is 4.69. The van der Waals surface area contributed by atoms with Crippen LogP contribution in [0.5, 0.6) is 0 Å². The van der Waals surface area contributed by atoms with Crippen molar-refractivity contribution < 1.29 is 9.47 Å². The van der Waals surface area contributed by atoms with E-state index in [0.717, 1.165) is 17.8 Å². The molecule has 2 N–H and O–H groups in total. The summed E-state index contributed by atoms with van der Waals surface area (Å²) in [5.41, 5.74) is 7.51. The molecule has 106 valence electrons. The van der Waals surface area contributed by atoms with Crippen LogP contribution in [0.4, 0.5) is 5.69 Å². The van der Waals surface area contributed by atoms with Gasteiger partial charge in [0.25, 0.3) is 0 Å². The molecular formula is C13H21N3O2S. The fraction of sp³-hybridized carbons (Fsp3) is 0.538. The van der Waals surface area contributed by atoms with E-state index in [2.05, 4.69) is 16.8 Å². The van der Waals surface area contributed by atoms with Gasteiger partial charge in [-0.05, 0) is 13.0 Å². The number of nitrogens with two attached hydrogens (primary N) is 1. The van der Waals surface area contributed by atoms with E-state index in [1.807, 2.05) is 6.07 Å². The molecule has 0 aliphatic heterocycles. The normalized spacial score (nSPS) is 12.2. The monoisotopic (exact) mass is 283 g/mol. The lowest BCUT2D eigenvalue weighted by atomic mass is 10.1. The van der Waals surface area contributed by atoms with Gasteiger partial charge in [-0.15, -0.1) is 0 Å². The lowest BCUT2D eigenvalue weighted by Gasteiger charge is -2.31. The molecule has 0 bridgehead atoms. The molecule has 1 rings (SSSR count). The van der Waals surface area contributed by atoms with E-state index in [-0.39, 0.29) is 6.04 Å². The van der Waals surface area contributed by atoms with Crippen LogP contribution in [0.25, 0.3) is 0 Å². The largest absolute Gasteiger partial charge is 0.389 e. The Kier molecular flexibility index (Phi) is 6.69. The average molecular weight is 283 g/mol. The number of rotatable bonds is 8. The summed E-state index contributed by atoms with van der Waals surface area (Å²) in [4.78, 5) is 6.67. The summed E-state index contributed by atoms with van der Waals surface area (Å²) in [6.45, 7) is 4.02. The minimum Gasteiger partial charge on any atom is -0.389 e. The number of aromatic nitrogens is 1. The number of methoxy groups -OCH3 is 2. The van der Waals surface area contributed by atoms with Gasteiger partial charge in [-0.1, -0.05) is 12.2 Å². The molecule has 0 aromatic carbocycles. The maximum absolute atomic E-state index is 5.77. The molecule has 5 nitrogen and oxygen atoms in total. The summed E-state index contributed by atoms with van der Waals surface area (Å²) in [5.74, 6) is 0. The summed E-state index contributed by atoms with van der Waals surface area (Å²) >= 11 is 5.09. The third-order valence-electron chi connectivity index (χ3n) is 2.85. The highest BCUT2D eigenvalue weighted by Gasteiger charge is 2.18. The molecule has 1 heterocycles. The van der Waals surface area contributed by atoms with Crippen LogP contribution in [0, 0.1) is 0 Å². The SMILES string of the molecule is COCCN(c1cnccc1C(N)=S)C(C)COC. The van der Waals surface area contributed by atoms with E-state index in [1.54, 1.807) is 26.6 Å². The van der Waals surface area contributed by atoms with Crippen LogP contribution < -0.4 is 10.6 Å². The lowest BCUT2D eigenvalue weighted by Crippen LogP contribution is -2.39. The standard InChI is InChI=1S/C13H21N3O2S/c1-10(9-18-3)16(6-7-17-2)12-8-15-5-4-11(12)13(14)19/h4-5,8,10H,6-7,9H2,1-3H3,(H2,14,19). The van der Waals surface area contributed by atoms with Crippen LogP contribution in [0.2, 0.25) is 0 Å². The molecule has 0 radical (unpaired) electrons. The molecule has 1 aromatic heterocycles.